The minimum Gasteiger partial charge on any atom is -0.741 e. The molecule has 0 aliphatic rings. The first kappa shape index (κ1) is 32.0. The van der Waals surface area contributed by atoms with E-state index >= 15 is 0 Å². The Hall–Kier alpha value is 0.922. The third kappa shape index (κ3) is 15.1. The summed E-state index contributed by atoms with van der Waals surface area (Å²) in [5, 5.41) is 0. The maximum absolute atomic E-state index is 10.7. The Morgan fingerprint density at radius 3 is 0.684 bits per heavy atom. The van der Waals surface area contributed by atoms with Crippen LogP contribution in [0.2, 0.25) is 0 Å². The van der Waals surface area contributed by atoms with Crippen molar-refractivity contribution in [1.82, 2.24) is 0 Å². The molecule has 0 N–H and O–H groups in total. The zero-order valence-electron chi connectivity index (χ0n) is 8.26. The Kier molecular flexibility index (Phi) is 16.5. The molecule has 17 heteroatoms. The second-order valence-electron chi connectivity index (χ2n) is 1.80. The molecule has 0 aromatic carbocycles. The van der Waals surface area contributed by atoms with E-state index in [1.165, 1.54) is 0 Å². The van der Waals surface area contributed by atoms with Crippen molar-refractivity contribution in [3.8, 4) is 0 Å². The topological polar surface area (TPSA) is 114 Å². The quantitative estimate of drug-likeness (QED) is 0.164. The average Bonchev–Trinajstić information content (AvgIpc) is 1.77. The summed E-state index contributed by atoms with van der Waals surface area (Å²) in [6.45, 7) is 0. The van der Waals surface area contributed by atoms with E-state index < -0.39 is 31.3 Å². The molecule has 0 fully saturated rings. The van der Waals surface area contributed by atoms with Crippen LogP contribution < -0.4 is 0 Å². The van der Waals surface area contributed by atoms with Gasteiger partial charge in [0.25, 0.3) is 0 Å². The van der Waals surface area contributed by atoms with Gasteiger partial charge in [-0.25, -0.2) is 16.8 Å². The minimum absolute atomic E-state index is 0. The van der Waals surface area contributed by atoms with Crippen LogP contribution in [0.25, 0.3) is 0 Å². The number of hydrogen-bond donors (Lipinski definition) is 0. The fraction of sp³-hybridized carbons (Fsp3) is 1.00. The Morgan fingerprint density at radius 2 is 0.684 bits per heavy atom. The molecule has 0 bridgehead atoms. The van der Waals surface area contributed by atoms with Gasteiger partial charge in [0.1, 0.15) is 0 Å². The van der Waals surface area contributed by atoms with Gasteiger partial charge in [0.05, 0.1) is 0 Å². The number of hydrogen-bond acceptors (Lipinski definition) is 6. The maximum Gasteiger partial charge on any atom is 2.00 e. The van der Waals surface area contributed by atoms with Crippen molar-refractivity contribution in [2.75, 3.05) is 0 Å². The molecule has 0 aliphatic heterocycles. The summed E-state index contributed by atoms with van der Waals surface area (Å²) in [6, 6.07) is 0. The van der Waals surface area contributed by atoms with Gasteiger partial charge in [-0.3, -0.25) is 0 Å². The molecule has 124 valence electrons. The van der Waals surface area contributed by atoms with Crippen molar-refractivity contribution >= 4 is 40.0 Å². The molecule has 0 saturated heterocycles. The Balaban J connectivity index is -0.0000000594. The van der Waals surface area contributed by atoms with Crippen molar-refractivity contribution in [2.24, 2.45) is 0 Å². The molecule has 0 aromatic rings. The molecule has 0 aliphatic carbocycles. The van der Waals surface area contributed by atoms with Crippen LogP contribution in [0.3, 0.4) is 0 Å². The van der Waals surface area contributed by atoms with Gasteiger partial charge >= 0.3 is 31.4 Å². The monoisotopic (exact) mass is 472 g/mol. The van der Waals surface area contributed by atoms with E-state index in [4.69, 9.17) is 25.9 Å². The van der Waals surface area contributed by atoms with E-state index in [9.17, 15) is 26.3 Å². The Labute approximate surface area is 124 Å². The van der Waals surface area contributed by atoms with E-state index in [1.54, 1.807) is 0 Å². The molecular weight excluding hydrogens is 467 g/mol. The summed E-state index contributed by atoms with van der Waals surface area (Å²) in [6.07, 6.45) is 0. The predicted octanol–water partition coefficient (Wildman–Crippen LogP) is 0.217. The van der Waals surface area contributed by atoms with Crippen LogP contribution in [0, 0.1) is 0 Å². The third-order valence-corrected chi connectivity index (χ3v) is 1.70. The first-order chi connectivity index (χ1) is 6.50. The van der Waals surface area contributed by atoms with Crippen molar-refractivity contribution in [3.05, 3.63) is 0 Å². The average molecular weight is 473 g/mol. The van der Waals surface area contributed by atoms with Gasteiger partial charge in [-0.15, -0.1) is 0 Å². The fourth-order valence-electron chi connectivity index (χ4n) is 0. The minimum atomic E-state index is -6.09. The molecule has 0 saturated carbocycles. The van der Waals surface area contributed by atoms with Crippen LogP contribution in [0.1, 0.15) is 0 Å². The zero-order chi connectivity index (χ0) is 14.0. The standard InChI is InChI=1S/2CHF3O3S.2H3P.Pd/c2*2-1(3,4)8(5,6)7;;;/h2*(H,5,6,7);2*1H3;/q;;;;+2/p-2. The molecule has 0 spiro atoms. The van der Waals surface area contributed by atoms with E-state index in [-0.39, 0.29) is 40.2 Å². The van der Waals surface area contributed by atoms with Crippen molar-refractivity contribution in [1.29, 1.82) is 0 Å². The second kappa shape index (κ2) is 9.79. The molecule has 0 heterocycles. The van der Waals surface area contributed by atoms with E-state index in [2.05, 4.69) is 0 Å². The van der Waals surface area contributed by atoms with Crippen LogP contribution in [-0.4, -0.2) is 37.0 Å². The first-order valence-electron chi connectivity index (χ1n) is 2.54. The molecule has 0 radical (unpaired) electrons. The Bertz CT molecular complexity index is 384. The predicted molar refractivity (Wildman–Crippen MR) is 53.7 cm³/mol. The smallest absolute Gasteiger partial charge is 0.741 e. The van der Waals surface area contributed by atoms with Crippen LogP contribution in [0.15, 0.2) is 0 Å². The Morgan fingerprint density at radius 1 is 0.632 bits per heavy atom. The van der Waals surface area contributed by atoms with Gasteiger partial charge < -0.3 is 9.11 Å². The summed E-state index contributed by atoms with van der Waals surface area (Å²) in [5.74, 6) is 0. The van der Waals surface area contributed by atoms with Gasteiger partial charge in [0.2, 0.25) is 0 Å². The summed E-state index contributed by atoms with van der Waals surface area (Å²) in [4.78, 5) is 0. The molecular formula is C2H6F6O6P2PdS2. The van der Waals surface area contributed by atoms with Crippen molar-refractivity contribution < 1.29 is 72.7 Å². The summed E-state index contributed by atoms with van der Waals surface area (Å²) in [7, 11) is -12.2. The second-order valence-corrected chi connectivity index (χ2v) is 4.54. The van der Waals surface area contributed by atoms with Crippen LogP contribution in [0.5, 0.6) is 0 Å². The van der Waals surface area contributed by atoms with Crippen molar-refractivity contribution in [2.45, 2.75) is 11.0 Å². The molecule has 0 aromatic heterocycles. The summed E-state index contributed by atoms with van der Waals surface area (Å²) >= 11 is 0. The summed E-state index contributed by atoms with van der Waals surface area (Å²) < 4.78 is 118. The number of rotatable bonds is 0. The molecule has 2 unspecified atom stereocenters. The van der Waals surface area contributed by atoms with Gasteiger partial charge in [0, 0.05) is 0 Å². The van der Waals surface area contributed by atoms with Crippen molar-refractivity contribution in [3.63, 3.8) is 0 Å². The molecule has 0 rings (SSSR count). The van der Waals surface area contributed by atoms with Crippen LogP contribution in [0.4, 0.5) is 26.3 Å². The van der Waals surface area contributed by atoms with Gasteiger partial charge in [-0.2, -0.15) is 46.1 Å². The van der Waals surface area contributed by atoms with Crippen LogP contribution >= 0.6 is 19.8 Å². The normalized spacial score (nSPS) is 11.8. The fourth-order valence-corrected chi connectivity index (χ4v) is 0. The largest absolute Gasteiger partial charge is 2.00 e. The third-order valence-electron chi connectivity index (χ3n) is 0.567. The molecule has 2 atom stereocenters. The molecule has 19 heavy (non-hydrogen) atoms. The molecule has 0 amide bonds. The SMILES string of the molecule is O=S(=O)([O-])C(F)(F)F.O=S(=O)([O-])C(F)(F)F.P.P.[Pd+2]. The van der Waals surface area contributed by atoms with E-state index in [0.717, 1.165) is 0 Å². The van der Waals surface area contributed by atoms with E-state index in [0.29, 0.717) is 0 Å². The van der Waals surface area contributed by atoms with Gasteiger partial charge in [0.15, 0.2) is 20.2 Å². The first-order valence-corrected chi connectivity index (χ1v) is 5.36. The zero-order valence-corrected chi connectivity index (χ0v) is 14.3. The maximum atomic E-state index is 10.7. The number of alkyl halides is 6. The van der Waals surface area contributed by atoms with E-state index in [1.807, 2.05) is 0 Å². The summed E-state index contributed by atoms with van der Waals surface area (Å²) in [5.41, 5.74) is -11.3. The molecule has 6 nitrogen and oxygen atoms in total. The number of halogens is 6. The van der Waals surface area contributed by atoms with Gasteiger partial charge in [-0.1, -0.05) is 0 Å². The van der Waals surface area contributed by atoms with Gasteiger partial charge in [-0.05, 0) is 0 Å². The van der Waals surface area contributed by atoms with Crippen LogP contribution in [-0.2, 0) is 40.7 Å².